The highest BCUT2D eigenvalue weighted by molar-refractivity contribution is 6.01. The predicted octanol–water partition coefficient (Wildman–Crippen LogP) is 2.98. The van der Waals surface area contributed by atoms with Crippen LogP contribution in [0.2, 0.25) is 0 Å². The molecule has 0 aromatic rings. The molecule has 0 unspecified atom stereocenters. The van der Waals surface area contributed by atoms with Gasteiger partial charge in [-0.05, 0) is 63.0 Å². The molecule has 0 radical (unpaired) electrons. The first kappa shape index (κ1) is 14.4. The number of allylic oxidation sites excluding steroid dienone is 2. The van der Waals surface area contributed by atoms with Crippen LogP contribution in [-0.2, 0) is 9.59 Å². The van der Waals surface area contributed by atoms with Crippen LogP contribution in [0.25, 0.3) is 0 Å². The van der Waals surface area contributed by atoms with Crippen LogP contribution < -0.4 is 0 Å². The van der Waals surface area contributed by atoms with Gasteiger partial charge in [-0.2, -0.15) is 0 Å². The second kappa shape index (κ2) is 4.19. The van der Waals surface area contributed by atoms with Gasteiger partial charge in [0.05, 0.1) is 5.60 Å². The molecule has 5 atom stereocenters. The lowest BCUT2D eigenvalue weighted by molar-refractivity contribution is -0.173. The molecule has 0 bridgehead atoms. The van der Waals surface area contributed by atoms with Crippen LogP contribution in [-0.4, -0.2) is 22.3 Å². The van der Waals surface area contributed by atoms with Crippen molar-refractivity contribution >= 4 is 11.6 Å². The van der Waals surface area contributed by atoms with Gasteiger partial charge in [0.25, 0.3) is 0 Å². The predicted molar refractivity (Wildman–Crippen MR) is 83.1 cm³/mol. The molecule has 0 aromatic heterocycles. The van der Waals surface area contributed by atoms with Crippen molar-refractivity contribution < 1.29 is 14.7 Å². The van der Waals surface area contributed by atoms with Gasteiger partial charge >= 0.3 is 0 Å². The quantitative estimate of drug-likeness (QED) is 0.748. The van der Waals surface area contributed by atoms with Gasteiger partial charge in [-0.3, -0.25) is 9.59 Å². The smallest absolute Gasteiger partial charge is 0.178 e. The highest BCUT2D eigenvalue weighted by Crippen LogP contribution is 2.65. The number of rotatable bonds is 0. The van der Waals surface area contributed by atoms with Crippen LogP contribution >= 0.6 is 0 Å². The van der Waals surface area contributed by atoms with E-state index in [1.54, 1.807) is 12.2 Å². The Morgan fingerprint density at radius 2 is 1.82 bits per heavy atom. The van der Waals surface area contributed by atoms with Crippen molar-refractivity contribution in [3.8, 4) is 0 Å². The van der Waals surface area contributed by atoms with Crippen molar-refractivity contribution in [3.63, 3.8) is 0 Å². The first-order chi connectivity index (χ1) is 10.3. The zero-order valence-corrected chi connectivity index (χ0v) is 13.4. The number of Topliss-reactive ketones (excluding diaryl/α,β-unsaturated/α-hetero) is 1. The third-order valence-electron chi connectivity index (χ3n) is 7.45. The van der Waals surface area contributed by atoms with Crippen molar-refractivity contribution in [1.82, 2.24) is 0 Å². The SMILES string of the molecule is C[C@]12C=CC(=O)C=C1CC[C@H]1[C@@H]3CCC(=O)[C@@]3(C)CC[C@@]12O. The molecule has 0 saturated heterocycles. The Bertz CT molecular complexity index is 631. The van der Waals surface area contributed by atoms with Gasteiger partial charge in [0.2, 0.25) is 0 Å². The normalized spacial score (nSPS) is 50.2. The van der Waals surface area contributed by atoms with E-state index in [9.17, 15) is 14.7 Å². The third kappa shape index (κ3) is 1.51. The van der Waals surface area contributed by atoms with Crippen molar-refractivity contribution in [2.45, 2.75) is 58.0 Å². The Balaban J connectivity index is 1.79. The molecule has 0 heterocycles. The van der Waals surface area contributed by atoms with E-state index in [0.717, 1.165) is 31.3 Å². The summed E-state index contributed by atoms with van der Waals surface area (Å²) in [7, 11) is 0. The van der Waals surface area contributed by atoms with Crippen molar-refractivity contribution in [2.75, 3.05) is 0 Å². The summed E-state index contributed by atoms with van der Waals surface area (Å²) in [6, 6.07) is 0. The first-order valence-corrected chi connectivity index (χ1v) is 8.51. The fourth-order valence-electron chi connectivity index (χ4n) is 5.91. The first-order valence-electron chi connectivity index (χ1n) is 8.51. The van der Waals surface area contributed by atoms with E-state index in [1.165, 1.54) is 0 Å². The molecule has 1 N–H and O–H groups in total. The van der Waals surface area contributed by atoms with Crippen LogP contribution in [0.3, 0.4) is 0 Å². The summed E-state index contributed by atoms with van der Waals surface area (Å²) >= 11 is 0. The molecule has 0 aliphatic heterocycles. The number of hydrogen-bond acceptors (Lipinski definition) is 3. The summed E-state index contributed by atoms with van der Waals surface area (Å²) < 4.78 is 0. The molecule has 4 aliphatic carbocycles. The van der Waals surface area contributed by atoms with E-state index in [4.69, 9.17) is 0 Å². The van der Waals surface area contributed by atoms with E-state index in [2.05, 4.69) is 13.8 Å². The number of aliphatic hydroxyl groups is 1. The van der Waals surface area contributed by atoms with E-state index >= 15 is 0 Å². The molecule has 3 fully saturated rings. The summed E-state index contributed by atoms with van der Waals surface area (Å²) in [5, 5.41) is 11.7. The molecular weight excluding hydrogens is 276 g/mol. The summed E-state index contributed by atoms with van der Waals surface area (Å²) in [5.74, 6) is 0.882. The lowest BCUT2D eigenvalue weighted by Gasteiger charge is -2.60. The average molecular weight is 300 g/mol. The fourth-order valence-corrected chi connectivity index (χ4v) is 5.91. The maximum atomic E-state index is 12.4. The molecule has 0 amide bonds. The number of ketones is 2. The molecule has 22 heavy (non-hydrogen) atoms. The fraction of sp³-hybridized carbons (Fsp3) is 0.684. The van der Waals surface area contributed by atoms with Crippen LogP contribution in [0.4, 0.5) is 0 Å². The molecule has 4 rings (SSSR count). The van der Waals surface area contributed by atoms with Gasteiger partial charge in [0.1, 0.15) is 5.78 Å². The molecule has 3 heteroatoms. The lowest BCUT2D eigenvalue weighted by Crippen LogP contribution is -2.62. The summed E-state index contributed by atoms with van der Waals surface area (Å²) in [6.07, 6.45) is 10.0. The van der Waals surface area contributed by atoms with Gasteiger partial charge in [-0.15, -0.1) is 0 Å². The number of hydrogen-bond donors (Lipinski definition) is 1. The van der Waals surface area contributed by atoms with Crippen LogP contribution in [0.1, 0.15) is 52.4 Å². The van der Waals surface area contributed by atoms with Crippen LogP contribution in [0.15, 0.2) is 23.8 Å². The van der Waals surface area contributed by atoms with Gasteiger partial charge in [-0.1, -0.05) is 18.6 Å². The van der Waals surface area contributed by atoms with Gasteiger partial charge in [0, 0.05) is 17.3 Å². The highest BCUT2D eigenvalue weighted by Gasteiger charge is 2.65. The minimum atomic E-state index is -0.816. The van der Waals surface area contributed by atoms with Gasteiger partial charge in [0.15, 0.2) is 5.78 Å². The molecule has 0 aromatic carbocycles. The Morgan fingerprint density at radius 1 is 1.09 bits per heavy atom. The van der Waals surface area contributed by atoms with E-state index < -0.39 is 11.0 Å². The van der Waals surface area contributed by atoms with E-state index in [1.807, 2.05) is 6.08 Å². The molecule has 118 valence electrons. The Labute approximate surface area is 131 Å². The largest absolute Gasteiger partial charge is 0.388 e. The zero-order chi connectivity index (χ0) is 15.8. The Kier molecular flexibility index (Phi) is 2.74. The van der Waals surface area contributed by atoms with E-state index in [-0.39, 0.29) is 17.1 Å². The number of carbonyl (C=O) groups excluding carboxylic acids is 2. The second-order valence-corrected chi connectivity index (χ2v) is 8.16. The zero-order valence-electron chi connectivity index (χ0n) is 13.4. The van der Waals surface area contributed by atoms with Gasteiger partial charge in [-0.25, -0.2) is 0 Å². The Hall–Kier alpha value is -1.22. The summed E-state index contributed by atoms with van der Waals surface area (Å²) in [4.78, 5) is 24.1. The molecular formula is C19H24O3. The maximum absolute atomic E-state index is 12.4. The average Bonchev–Trinajstić information content (AvgIpc) is 2.77. The maximum Gasteiger partial charge on any atom is 0.178 e. The van der Waals surface area contributed by atoms with Crippen molar-refractivity contribution in [3.05, 3.63) is 23.8 Å². The molecule has 3 nitrogen and oxygen atoms in total. The topological polar surface area (TPSA) is 54.4 Å². The third-order valence-corrected chi connectivity index (χ3v) is 7.45. The monoisotopic (exact) mass is 300 g/mol. The minimum absolute atomic E-state index is 0.0335. The highest BCUT2D eigenvalue weighted by atomic mass is 16.3. The summed E-state index contributed by atoms with van der Waals surface area (Å²) in [6.45, 7) is 4.19. The summed E-state index contributed by atoms with van der Waals surface area (Å²) in [5.41, 5.74) is -0.422. The number of carbonyl (C=O) groups is 2. The van der Waals surface area contributed by atoms with Crippen LogP contribution in [0, 0.1) is 22.7 Å². The molecule has 4 aliphatic rings. The van der Waals surface area contributed by atoms with Crippen LogP contribution in [0.5, 0.6) is 0 Å². The number of fused-ring (bicyclic) bond motifs is 5. The van der Waals surface area contributed by atoms with Gasteiger partial charge < -0.3 is 5.11 Å². The minimum Gasteiger partial charge on any atom is -0.388 e. The van der Waals surface area contributed by atoms with Crippen molar-refractivity contribution in [2.24, 2.45) is 22.7 Å². The Morgan fingerprint density at radius 3 is 2.59 bits per heavy atom. The molecule has 3 saturated carbocycles. The lowest BCUT2D eigenvalue weighted by atomic mass is 9.46. The van der Waals surface area contributed by atoms with E-state index in [0.29, 0.717) is 24.5 Å². The molecule has 0 spiro atoms. The van der Waals surface area contributed by atoms with Crippen molar-refractivity contribution in [1.29, 1.82) is 0 Å². The second-order valence-electron chi connectivity index (χ2n) is 8.16. The standard InChI is InChI=1S/C19H24O3/c1-17-9-10-19(22)15(14(17)5-6-16(17)21)4-3-12-11-13(20)7-8-18(12,19)2/h7-8,11,14-15,22H,3-6,9-10H2,1-2H3/t14-,15-,17-,18-,19+/m0/s1.